The lowest BCUT2D eigenvalue weighted by molar-refractivity contribution is 0.344. The van der Waals surface area contributed by atoms with Crippen LogP contribution in [0.25, 0.3) is 11.4 Å². The van der Waals surface area contributed by atoms with Crippen molar-refractivity contribution in [3.63, 3.8) is 0 Å². The summed E-state index contributed by atoms with van der Waals surface area (Å²) in [6.07, 6.45) is 0. The van der Waals surface area contributed by atoms with Crippen molar-refractivity contribution in [3.8, 4) is 22.9 Å². The summed E-state index contributed by atoms with van der Waals surface area (Å²) in [6, 6.07) is 15.2. The van der Waals surface area contributed by atoms with E-state index in [1.165, 1.54) is 0 Å². The predicted octanol–water partition coefficient (Wildman–Crippen LogP) is 4.32. The molecule has 0 unspecified atom stereocenters. The zero-order chi connectivity index (χ0) is 17.6. The van der Waals surface area contributed by atoms with Crippen LogP contribution in [0.3, 0.4) is 0 Å². The Morgan fingerprint density at radius 2 is 1.84 bits per heavy atom. The van der Waals surface area contributed by atoms with Crippen LogP contribution in [-0.2, 0) is 7.05 Å². The molecule has 0 bridgehead atoms. The molecule has 7 heteroatoms. The van der Waals surface area contributed by atoms with Crippen molar-refractivity contribution in [1.82, 2.24) is 14.8 Å². The van der Waals surface area contributed by atoms with Gasteiger partial charge in [0, 0.05) is 18.4 Å². The van der Waals surface area contributed by atoms with Crippen LogP contribution >= 0.6 is 23.4 Å². The number of benzene rings is 2. The molecule has 0 spiro atoms. The molecule has 0 saturated carbocycles. The minimum atomic E-state index is 0.541. The molecular weight excluding hydrogens is 358 g/mol. The Labute approximate surface area is 155 Å². The summed E-state index contributed by atoms with van der Waals surface area (Å²) in [5.74, 6) is 3.08. The molecule has 130 valence electrons. The number of hydrogen-bond acceptors (Lipinski definition) is 5. The van der Waals surface area contributed by atoms with E-state index in [0.717, 1.165) is 28.0 Å². The monoisotopic (exact) mass is 375 g/mol. The molecule has 0 aliphatic heterocycles. The van der Waals surface area contributed by atoms with Gasteiger partial charge in [-0.05, 0) is 36.4 Å². The Bertz CT molecular complexity index is 837. The van der Waals surface area contributed by atoms with E-state index < -0.39 is 0 Å². The SMILES string of the molecule is COc1ccc(-c2nnc(SCCOc3ccccc3Cl)n2C)cc1. The van der Waals surface area contributed by atoms with E-state index in [9.17, 15) is 0 Å². The van der Waals surface area contributed by atoms with E-state index >= 15 is 0 Å². The van der Waals surface area contributed by atoms with E-state index in [1.807, 2.05) is 60.1 Å². The van der Waals surface area contributed by atoms with Crippen molar-refractivity contribution < 1.29 is 9.47 Å². The second-order valence-corrected chi connectivity index (χ2v) is 6.69. The van der Waals surface area contributed by atoms with Crippen LogP contribution in [0.2, 0.25) is 5.02 Å². The minimum Gasteiger partial charge on any atom is -0.497 e. The molecule has 5 nitrogen and oxygen atoms in total. The molecule has 0 aliphatic rings. The number of methoxy groups -OCH3 is 1. The van der Waals surface area contributed by atoms with E-state index in [-0.39, 0.29) is 0 Å². The lowest BCUT2D eigenvalue weighted by Gasteiger charge is -2.07. The summed E-state index contributed by atoms with van der Waals surface area (Å²) >= 11 is 7.66. The molecule has 3 aromatic rings. The number of rotatable bonds is 7. The number of nitrogens with zero attached hydrogens (tertiary/aromatic N) is 3. The Morgan fingerprint density at radius 1 is 1.08 bits per heavy atom. The standard InChI is InChI=1S/C18H18ClN3O2S/c1-22-17(13-7-9-14(23-2)10-8-13)20-21-18(22)25-12-11-24-16-6-4-3-5-15(16)19/h3-10H,11-12H2,1-2H3. The Morgan fingerprint density at radius 3 is 2.56 bits per heavy atom. The van der Waals surface area contributed by atoms with Crippen LogP contribution in [0.15, 0.2) is 53.7 Å². The molecule has 3 rings (SSSR count). The average molecular weight is 376 g/mol. The highest BCUT2D eigenvalue weighted by Gasteiger charge is 2.11. The maximum Gasteiger partial charge on any atom is 0.191 e. The second kappa shape index (κ2) is 8.27. The normalized spacial score (nSPS) is 10.7. The highest BCUT2D eigenvalue weighted by molar-refractivity contribution is 7.99. The van der Waals surface area contributed by atoms with Crippen molar-refractivity contribution >= 4 is 23.4 Å². The Hall–Kier alpha value is -2.18. The smallest absolute Gasteiger partial charge is 0.191 e. The van der Waals surface area contributed by atoms with Gasteiger partial charge >= 0.3 is 0 Å². The van der Waals surface area contributed by atoms with Gasteiger partial charge in [-0.1, -0.05) is 35.5 Å². The van der Waals surface area contributed by atoms with E-state index in [4.69, 9.17) is 21.1 Å². The van der Waals surface area contributed by atoms with Crippen LogP contribution in [0, 0.1) is 0 Å². The minimum absolute atomic E-state index is 0.541. The number of thioether (sulfide) groups is 1. The third-order valence-corrected chi connectivity index (χ3v) is 4.89. The molecule has 0 fully saturated rings. The van der Waals surface area contributed by atoms with Gasteiger partial charge in [0.2, 0.25) is 0 Å². The van der Waals surface area contributed by atoms with Gasteiger partial charge in [-0.15, -0.1) is 10.2 Å². The lowest BCUT2D eigenvalue weighted by Crippen LogP contribution is -2.02. The fourth-order valence-corrected chi connectivity index (χ4v) is 3.20. The summed E-state index contributed by atoms with van der Waals surface area (Å²) in [5, 5.41) is 10.0. The first-order valence-electron chi connectivity index (χ1n) is 7.73. The molecule has 25 heavy (non-hydrogen) atoms. The van der Waals surface area contributed by atoms with Gasteiger partial charge in [0.25, 0.3) is 0 Å². The molecule has 0 saturated heterocycles. The van der Waals surface area contributed by atoms with Crippen LogP contribution in [0.1, 0.15) is 0 Å². The Balaban J connectivity index is 1.58. The van der Waals surface area contributed by atoms with Crippen molar-refractivity contribution in [2.45, 2.75) is 5.16 Å². The number of ether oxygens (including phenoxy) is 2. The van der Waals surface area contributed by atoms with Gasteiger partial charge in [-0.2, -0.15) is 0 Å². The number of aromatic nitrogens is 3. The lowest BCUT2D eigenvalue weighted by atomic mass is 10.2. The van der Waals surface area contributed by atoms with E-state index in [1.54, 1.807) is 18.9 Å². The van der Waals surface area contributed by atoms with Gasteiger partial charge < -0.3 is 14.0 Å². The highest BCUT2D eigenvalue weighted by Crippen LogP contribution is 2.26. The van der Waals surface area contributed by atoms with Gasteiger partial charge in [0.05, 0.1) is 18.7 Å². The van der Waals surface area contributed by atoms with Crippen molar-refractivity contribution in [3.05, 3.63) is 53.6 Å². The van der Waals surface area contributed by atoms with Crippen molar-refractivity contribution in [1.29, 1.82) is 0 Å². The fraction of sp³-hybridized carbons (Fsp3) is 0.222. The molecule has 1 aromatic heterocycles. The summed E-state index contributed by atoms with van der Waals surface area (Å²) in [4.78, 5) is 0. The molecule has 1 heterocycles. The third-order valence-electron chi connectivity index (χ3n) is 3.59. The van der Waals surface area contributed by atoms with Crippen LogP contribution < -0.4 is 9.47 Å². The summed E-state index contributed by atoms with van der Waals surface area (Å²) in [5.41, 5.74) is 0.995. The fourth-order valence-electron chi connectivity index (χ4n) is 2.28. The van der Waals surface area contributed by atoms with E-state index in [0.29, 0.717) is 17.4 Å². The average Bonchev–Trinajstić information content (AvgIpc) is 3.01. The first-order valence-corrected chi connectivity index (χ1v) is 9.09. The molecule has 0 radical (unpaired) electrons. The van der Waals surface area contributed by atoms with Crippen LogP contribution in [-0.4, -0.2) is 34.2 Å². The number of hydrogen-bond donors (Lipinski definition) is 0. The highest BCUT2D eigenvalue weighted by atomic mass is 35.5. The molecule has 0 atom stereocenters. The topological polar surface area (TPSA) is 49.2 Å². The third kappa shape index (κ3) is 4.27. The molecule has 0 aliphatic carbocycles. The first-order chi connectivity index (χ1) is 12.2. The van der Waals surface area contributed by atoms with Gasteiger partial charge in [-0.25, -0.2) is 0 Å². The van der Waals surface area contributed by atoms with Crippen molar-refractivity contribution in [2.75, 3.05) is 19.5 Å². The molecule has 0 N–H and O–H groups in total. The van der Waals surface area contributed by atoms with Crippen LogP contribution in [0.4, 0.5) is 0 Å². The van der Waals surface area contributed by atoms with Crippen LogP contribution in [0.5, 0.6) is 11.5 Å². The van der Waals surface area contributed by atoms with Gasteiger partial charge in [0.15, 0.2) is 11.0 Å². The second-order valence-electron chi connectivity index (χ2n) is 5.22. The van der Waals surface area contributed by atoms with E-state index in [2.05, 4.69) is 10.2 Å². The van der Waals surface area contributed by atoms with Gasteiger partial charge in [-0.3, -0.25) is 0 Å². The maximum atomic E-state index is 6.07. The van der Waals surface area contributed by atoms with Gasteiger partial charge in [0.1, 0.15) is 11.5 Å². The number of halogens is 1. The summed E-state index contributed by atoms with van der Waals surface area (Å²) in [6.45, 7) is 0.541. The van der Waals surface area contributed by atoms with Crippen molar-refractivity contribution in [2.24, 2.45) is 7.05 Å². The summed E-state index contributed by atoms with van der Waals surface area (Å²) in [7, 11) is 3.60. The predicted molar refractivity (Wildman–Crippen MR) is 101 cm³/mol. The Kier molecular flexibility index (Phi) is 5.83. The first kappa shape index (κ1) is 17.6. The zero-order valence-electron chi connectivity index (χ0n) is 14.0. The molecule has 0 amide bonds. The largest absolute Gasteiger partial charge is 0.497 e. The zero-order valence-corrected chi connectivity index (χ0v) is 15.5. The molecule has 2 aromatic carbocycles. The number of para-hydroxylation sites is 1. The quantitative estimate of drug-likeness (QED) is 0.454. The maximum absolute atomic E-state index is 6.07. The summed E-state index contributed by atoms with van der Waals surface area (Å²) < 4.78 is 12.8. The molecular formula is C18H18ClN3O2S.